The molecule has 0 aliphatic carbocycles. The first-order valence-corrected chi connectivity index (χ1v) is 5.92. The molecule has 2 rings (SSSR count). The fraction of sp³-hybridized carbons (Fsp3) is 0.286. The first kappa shape index (κ1) is 11.6. The van der Waals surface area contributed by atoms with Crippen molar-refractivity contribution in [1.29, 1.82) is 0 Å². The molecular weight excluding hydrogens is 210 g/mol. The van der Waals surface area contributed by atoms with E-state index in [1.807, 2.05) is 19.1 Å². The molecule has 1 N–H and O–H groups in total. The second-order valence-electron chi connectivity index (χ2n) is 4.13. The highest BCUT2D eigenvalue weighted by Gasteiger charge is 1.95. The number of anilines is 1. The predicted octanol–water partition coefficient (Wildman–Crippen LogP) is 2.83. The van der Waals surface area contributed by atoms with Crippen LogP contribution in [-0.4, -0.2) is 16.7 Å². The van der Waals surface area contributed by atoms with Crippen LogP contribution >= 0.6 is 0 Å². The molecule has 0 atom stereocenters. The molecule has 0 aliphatic rings. The number of nitrogens with zero attached hydrogens (tertiary/aromatic N) is 2. The number of aromatic nitrogens is 2. The minimum absolute atomic E-state index is 0.859. The van der Waals surface area contributed by atoms with Gasteiger partial charge in [0.1, 0.15) is 5.82 Å². The third-order valence-corrected chi connectivity index (χ3v) is 2.58. The van der Waals surface area contributed by atoms with Gasteiger partial charge in [0.05, 0.1) is 6.20 Å². The van der Waals surface area contributed by atoms with Gasteiger partial charge < -0.3 is 5.32 Å². The molecule has 0 aliphatic heterocycles. The molecular formula is C14H17N3. The average Bonchev–Trinajstić information content (AvgIpc) is 2.36. The van der Waals surface area contributed by atoms with Gasteiger partial charge >= 0.3 is 0 Å². The molecule has 0 radical (unpaired) electrons. The quantitative estimate of drug-likeness (QED) is 0.798. The third kappa shape index (κ3) is 3.87. The van der Waals surface area contributed by atoms with Crippen LogP contribution in [0, 0.1) is 6.92 Å². The van der Waals surface area contributed by atoms with Gasteiger partial charge in [0, 0.05) is 6.54 Å². The van der Waals surface area contributed by atoms with Crippen LogP contribution in [0.25, 0.3) is 0 Å². The van der Waals surface area contributed by atoms with E-state index in [9.17, 15) is 0 Å². The van der Waals surface area contributed by atoms with Crippen LogP contribution in [-0.2, 0) is 6.42 Å². The normalized spacial score (nSPS) is 10.2. The molecule has 17 heavy (non-hydrogen) atoms. The highest BCUT2D eigenvalue weighted by molar-refractivity contribution is 5.34. The van der Waals surface area contributed by atoms with Crippen molar-refractivity contribution < 1.29 is 0 Å². The molecule has 2 aromatic rings. The van der Waals surface area contributed by atoms with Crippen LogP contribution in [0.5, 0.6) is 0 Å². The molecule has 1 aromatic heterocycles. The standard InChI is InChI=1S/C14H17N3/c1-12-10-14(17-16-11-12)15-9-5-8-13-6-3-2-4-7-13/h2-4,6-7,10-11H,5,8-9H2,1H3,(H,15,17). The fourth-order valence-corrected chi connectivity index (χ4v) is 1.70. The molecule has 88 valence electrons. The largest absolute Gasteiger partial charge is 0.369 e. The molecule has 0 unspecified atom stereocenters. The Kier molecular flexibility index (Phi) is 4.08. The Bertz CT molecular complexity index is 454. The summed E-state index contributed by atoms with van der Waals surface area (Å²) in [7, 11) is 0. The zero-order chi connectivity index (χ0) is 11.9. The lowest BCUT2D eigenvalue weighted by Crippen LogP contribution is -2.05. The Morgan fingerprint density at radius 1 is 1.18 bits per heavy atom. The predicted molar refractivity (Wildman–Crippen MR) is 70.0 cm³/mol. The maximum Gasteiger partial charge on any atom is 0.148 e. The summed E-state index contributed by atoms with van der Waals surface area (Å²) in [6.45, 7) is 2.94. The van der Waals surface area contributed by atoms with Gasteiger partial charge in [-0.15, -0.1) is 5.10 Å². The van der Waals surface area contributed by atoms with Gasteiger partial charge in [0.25, 0.3) is 0 Å². The van der Waals surface area contributed by atoms with Crippen LogP contribution in [0.4, 0.5) is 5.82 Å². The van der Waals surface area contributed by atoms with Crippen molar-refractivity contribution in [2.75, 3.05) is 11.9 Å². The van der Waals surface area contributed by atoms with E-state index in [2.05, 4.69) is 39.8 Å². The van der Waals surface area contributed by atoms with Gasteiger partial charge in [-0.05, 0) is 37.0 Å². The number of hydrogen-bond donors (Lipinski definition) is 1. The van der Waals surface area contributed by atoms with E-state index >= 15 is 0 Å². The third-order valence-electron chi connectivity index (χ3n) is 2.58. The van der Waals surface area contributed by atoms with Crippen molar-refractivity contribution in [3.63, 3.8) is 0 Å². The number of aryl methyl sites for hydroxylation is 2. The van der Waals surface area contributed by atoms with Crippen molar-refractivity contribution in [2.45, 2.75) is 19.8 Å². The molecule has 0 amide bonds. The van der Waals surface area contributed by atoms with Gasteiger partial charge in [0.2, 0.25) is 0 Å². The second-order valence-corrected chi connectivity index (χ2v) is 4.13. The van der Waals surface area contributed by atoms with Crippen molar-refractivity contribution >= 4 is 5.82 Å². The van der Waals surface area contributed by atoms with E-state index in [0.29, 0.717) is 0 Å². The van der Waals surface area contributed by atoms with E-state index in [1.165, 1.54) is 5.56 Å². The van der Waals surface area contributed by atoms with Crippen LogP contribution in [0.3, 0.4) is 0 Å². The van der Waals surface area contributed by atoms with Gasteiger partial charge in [-0.3, -0.25) is 0 Å². The molecule has 0 spiro atoms. The lowest BCUT2D eigenvalue weighted by Gasteiger charge is -2.05. The smallest absolute Gasteiger partial charge is 0.148 e. The molecule has 1 aromatic carbocycles. The van der Waals surface area contributed by atoms with Gasteiger partial charge in [-0.1, -0.05) is 30.3 Å². The van der Waals surface area contributed by atoms with E-state index in [0.717, 1.165) is 30.8 Å². The molecule has 0 saturated carbocycles. The number of hydrogen-bond acceptors (Lipinski definition) is 3. The summed E-state index contributed by atoms with van der Waals surface area (Å²) in [5.74, 6) is 0.859. The Morgan fingerprint density at radius 3 is 2.76 bits per heavy atom. The second kappa shape index (κ2) is 5.99. The minimum Gasteiger partial charge on any atom is -0.369 e. The maximum absolute atomic E-state index is 4.02. The summed E-state index contributed by atoms with van der Waals surface area (Å²) in [6, 6.07) is 12.5. The average molecular weight is 227 g/mol. The fourth-order valence-electron chi connectivity index (χ4n) is 1.70. The van der Waals surface area contributed by atoms with Crippen LogP contribution < -0.4 is 5.32 Å². The van der Waals surface area contributed by atoms with Crippen LogP contribution in [0.1, 0.15) is 17.5 Å². The number of nitrogens with one attached hydrogen (secondary N) is 1. The minimum atomic E-state index is 0.859. The molecule has 0 bridgehead atoms. The van der Waals surface area contributed by atoms with E-state index < -0.39 is 0 Å². The number of rotatable bonds is 5. The van der Waals surface area contributed by atoms with Crippen LogP contribution in [0.2, 0.25) is 0 Å². The van der Waals surface area contributed by atoms with Crippen molar-refractivity contribution in [3.05, 3.63) is 53.7 Å². The summed E-state index contributed by atoms with van der Waals surface area (Å²) in [5.41, 5.74) is 2.51. The molecule has 0 saturated heterocycles. The molecule has 1 heterocycles. The Labute approximate surface area is 102 Å². The van der Waals surface area contributed by atoms with Crippen LogP contribution in [0.15, 0.2) is 42.6 Å². The zero-order valence-electron chi connectivity index (χ0n) is 10.1. The first-order valence-electron chi connectivity index (χ1n) is 5.92. The number of benzene rings is 1. The Morgan fingerprint density at radius 2 is 2.00 bits per heavy atom. The summed E-state index contributed by atoms with van der Waals surface area (Å²) in [6.07, 6.45) is 3.95. The Balaban J connectivity index is 1.73. The highest BCUT2D eigenvalue weighted by atomic mass is 15.2. The first-order chi connectivity index (χ1) is 8.34. The van der Waals surface area contributed by atoms with Gasteiger partial charge in [-0.2, -0.15) is 5.10 Å². The SMILES string of the molecule is Cc1cnnc(NCCCc2ccccc2)c1. The monoisotopic (exact) mass is 227 g/mol. The zero-order valence-corrected chi connectivity index (χ0v) is 10.1. The maximum atomic E-state index is 4.02. The summed E-state index contributed by atoms with van der Waals surface area (Å²) in [5, 5.41) is 11.2. The van der Waals surface area contributed by atoms with E-state index in [4.69, 9.17) is 0 Å². The summed E-state index contributed by atoms with van der Waals surface area (Å²) >= 11 is 0. The van der Waals surface area contributed by atoms with Gasteiger partial charge in [-0.25, -0.2) is 0 Å². The molecule has 3 nitrogen and oxygen atoms in total. The van der Waals surface area contributed by atoms with Crippen molar-refractivity contribution in [3.8, 4) is 0 Å². The lowest BCUT2D eigenvalue weighted by molar-refractivity contribution is 0.852. The molecule has 0 fully saturated rings. The lowest BCUT2D eigenvalue weighted by atomic mass is 10.1. The van der Waals surface area contributed by atoms with Crippen molar-refractivity contribution in [1.82, 2.24) is 10.2 Å². The highest BCUT2D eigenvalue weighted by Crippen LogP contribution is 2.05. The molecule has 3 heteroatoms. The summed E-state index contributed by atoms with van der Waals surface area (Å²) in [4.78, 5) is 0. The van der Waals surface area contributed by atoms with E-state index in [-0.39, 0.29) is 0 Å². The topological polar surface area (TPSA) is 37.8 Å². The van der Waals surface area contributed by atoms with Crippen molar-refractivity contribution in [2.24, 2.45) is 0 Å². The Hall–Kier alpha value is -1.90. The summed E-state index contributed by atoms with van der Waals surface area (Å²) < 4.78 is 0. The van der Waals surface area contributed by atoms with E-state index in [1.54, 1.807) is 6.20 Å². The van der Waals surface area contributed by atoms with Gasteiger partial charge in [0.15, 0.2) is 0 Å².